The van der Waals surface area contributed by atoms with Gasteiger partial charge in [-0.3, -0.25) is 9.48 Å². The van der Waals surface area contributed by atoms with E-state index in [4.69, 9.17) is 0 Å². The fraction of sp³-hybridized carbons (Fsp3) is 0.222. The van der Waals surface area contributed by atoms with Crippen LogP contribution in [0.25, 0.3) is 0 Å². The largest absolute Gasteiger partial charge is 0.321 e. The number of hydrogen-bond acceptors (Lipinski definition) is 5. The van der Waals surface area contributed by atoms with Gasteiger partial charge in [0.15, 0.2) is 0 Å². The summed E-state index contributed by atoms with van der Waals surface area (Å²) >= 11 is 1.36. The lowest BCUT2D eigenvalue weighted by atomic mass is 10.2. The molecule has 3 rings (SSSR count). The molecule has 0 unspecified atom stereocenters. The van der Waals surface area contributed by atoms with Crippen molar-refractivity contribution >= 4 is 33.0 Å². The maximum absolute atomic E-state index is 12.4. The minimum atomic E-state index is -3.19. The maximum atomic E-state index is 12.4. The van der Waals surface area contributed by atoms with E-state index in [1.54, 1.807) is 12.3 Å². The quantitative estimate of drug-likeness (QED) is 0.603. The van der Waals surface area contributed by atoms with Crippen LogP contribution in [0.1, 0.15) is 20.1 Å². The third-order valence-corrected chi connectivity index (χ3v) is 5.61. The van der Waals surface area contributed by atoms with E-state index in [1.807, 2.05) is 47.3 Å². The number of amides is 1. The van der Waals surface area contributed by atoms with E-state index in [1.165, 1.54) is 11.3 Å². The molecule has 1 aromatic carbocycles. The summed E-state index contributed by atoms with van der Waals surface area (Å²) < 4.78 is 26.4. The van der Waals surface area contributed by atoms with Gasteiger partial charge in [-0.15, -0.1) is 11.3 Å². The van der Waals surface area contributed by atoms with E-state index in [0.29, 0.717) is 24.4 Å². The summed E-state index contributed by atoms with van der Waals surface area (Å²) in [5.74, 6) is -0.179. The highest BCUT2D eigenvalue weighted by atomic mass is 32.2. The lowest BCUT2D eigenvalue weighted by Gasteiger charge is -2.06. The van der Waals surface area contributed by atoms with Gasteiger partial charge in [0.1, 0.15) is 0 Å². The Morgan fingerprint density at radius 2 is 1.96 bits per heavy atom. The number of nitrogens with one attached hydrogen (secondary N) is 2. The molecule has 142 valence electrons. The normalized spacial score (nSPS) is 11.4. The van der Waals surface area contributed by atoms with Crippen molar-refractivity contribution in [3.63, 3.8) is 0 Å². The second kappa shape index (κ2) is 8.47. The van der Waals surface area contributed by atoms with Crippen LogP contribution in [-0.4, -0.2) is 36.9 Å². The molecule has 0 atom stereocenters. The first-order chi connectivity index (χ1) is 12.9. The van der Waals surface area contributed by atoms with Gasteiger partial charge in [0, 0.05) is 29.5 Å². The Bertz CT molecular complexity index is 994. The van der Waals surface area contributed by atoms with E-state index in [-0.39, 0.29) is 5.91 Å². The average molecular weight is 405 g/mol. The Kier molecular flexibility index (Phi) is 6.04. The van der Waals surface area contributed by atoms with Crippen LogP contribution in [0.2, 0.25) is 0 Å². The molecule has 2 aromatic heterocycles. The van der Waals surface area contributed by atoms with Gasteiger partial charge >= 0.3 is 0 Å². The molecule has 0 radical (unpaired) electrons. The summed E-state index contributed by atoms with van der Waals surface area (Å²) in [5, 5.41) is 7.04. The van der Waals surface area contributed by atoms with Crippen molar-refractivity contribution in [3.8, 4) is 0 Å². The van der Waals surface area contributed by atoms with Crippen molar-refractivity contribution in [2.45, 2.75) is 13.0 Å². The van der Waals surface area contributed by atoms with Crippen LogP contribution in [0.5, 0.6) is 0 Å². The van der Waals surface area contributed by atoms with E-state index < -0.39 is 10.0 Å². The first-order valence-corrected chi connectivity index (χ1v) is 11.0. The Hall–Kier alpha value is -2.49. The first kappa shape index (κ1) is 19.3. The van der Waals surface area contributed by atoms with Crippen molar-refractivity contribution in [1.82, 2.24) is 14.5 Å². The van der Waals surface area contributed by atoms with Gasteiger partial charge in [-0.2, -0.15) is 5.10 Å². The average Bonchev–Trinajstić information content (AvgIpc) is 3.27. The number of rotatable bonds is 8. The molecule has 0 aliphatic heterocycles. The first-order valence-electron chi connectivity index (χ1n) is 8.30. The summed E-state index contributed by atoms with van der Waals surface area (Å²) in [6.45, 7) is 0.995. The SMILES string of the molecule is CS(=O)(=O)NCCc1ccc(C(=O)Nc2ccc(Cn3cccn3)cc2)s1. The third-order valence-electron chi connectivity index (χ3n) is 3.74. The Morgan fingerprint density at radius 3 is 2.63 bits per heavy atom. The Balaban J connectivity index is 1.54. The standard InChI is InChI=1S/C18H20N4O3S2/c1-27(24,25)20-11-9-16-7-8-17(26-16)18(23)21-15-5-3-14(4-6-15)13-22-12-2-10-19-22/h2-8,10,12,20H,9,11,13H2,1H3,(H,21,23). The van der Waals surface area contributed by atoms with Crippen LogP contribution in [-0.2, 0) is 23.0 Å². The smallest absolute Gasteiger partial charge is 0.265 e. The molecule has 2 heterocycles. The zero-order valence-corrected chi connectivity index (χ0v) is 16.4. The lowest BCUT2D eigenvalue weighted by molar-refractivity contribution is 0.103. The highest BCUT2D eigenvalue weighted by Gasteiger charge is 2.10. The number of nitrogens with zero attached hydrogens (tertiary/aromatic N) is 2. The summed E-state index contributed by atoms with van der Waals surface area (Å²) in [4.78, 5) is 13.9. The monoisotopic (exact) mass is 404 g/mol. The summed E-state index contributed by atoms with van der Waals surface area (Å²) in [7, 11) is -3.19. The molecule has 9 heteroatoms. The fourth-order valence-electron chi connectivity index (χ4n) is 2.46. The molecular formula is C18H20N4O3S2. The van der Waals surface area contributed by atoms with Crippen molar-refractivity contribution in [3.05, 3.63) is 70.2 Å². The molecule has 3 aromatic rings. The molecule has 0 saturated carbocycles. The summed E-state index contributed by atoms with van der Waals surface area (Å²) in [6, 6.07) is 13.1. The lowest BCUT2D eigenvalue weighted by Crippen LogP contribution is -2.24. The number of carbonyl (C=O) groups is 1. The molecule has 0 bridgehead atoms. The zero-order chi connectivity index (χ0) is 19.3. The van der Waals surface area contributed by atoms with Gasteiger partial charge in [-0.1, -0.05) is 12.1 Å². The second-order valence-corrected chi connectivity index (χ2v) is 9.04. The Morgan fingerprint density at radius 1 is 1.19 bits per heavy atom. The molecule has 0 aliphatic carbocycles. The molecular weight excluding hydrogens is 384 g/mol. The zero-order valence-electron chi connectivity index (χ0n) is 14.8. The molecule has 27 heavy (non-hydrogen) atoms. The van der Waals surface area contributed by atoms with Crippen LogP contribution >= 0.6 is 11.3 Å². The number of aromatic nitrogens is 2. The van der Waals surface area contributed by atoms with Crippen molar-refractivity contribution in [2.75, 3.05) is 18.1 Å². The highest BCUT2D eigenvalue weighted by Crippen LogP contribution is 2.19. The van der Waals surface area contributed by atoms with Crippen LogP contribution < -0.4 is 10.0 Å². The fourth-order valence-corrected chi connectivity index (χ4v) is 3.84. The topological polar surface area (TPSA) is 93.1 Å². The van der Waals surface area contributed by atoms with Gasteiger partial charge in [0.2, 0.25) is 10.0 Å². The molecule has 0 saturated heterocycles. The number of hydrogen-bond donors (Lipinski definition) is 2. The van der Waals surface area contributed by atoms with Crippen LogP contribution in [0.15, 0.2) is 54.9 Å². The van der Waals surface area contributed by atoms with E-state index in [2.05, 4.69) is 15.1 Å². The molecule has 2 N–H and O–H groups in total. The number of thiophene rings is 1. The van der Waals surface area contributed by atoms with Crippen LogP contribution in [0.4, 0.5) is 5.69 Å². The second-order valence-electron chi connectivity index (χ2n) is 6.04. The van der Waals surface area contributed by atoms with Crippen LogP contribution in [0.3, 0.4) is 0 Å². The van der Waals surface area contributed by atoms with E-state index >= 15 is 0 Å². The minimum absolute atomic E-state index is 0.179. The third kappa shape index (κ3) is 6.02. The van der Waals surface area contributed by atoms with Gasteiger partial charge in [-0.05, 0) is 42.3 Å². The minimum Gasteiger partial charge on any atom is -0.321 e. The number of carbonyl (C=O) groups excluding carboxylic acids is 1. The van der Waals surface area contributed by atoms with Crippen molar-refractivity contribution in [1.29, 1.82) is 0 Å². The van der Waals surface area contributed by atoms with E-state index in [0.717, 1.165) is 22.4 Å². The predicted octanol–water partition coefficient (Wildman–Crippen LogP) is 2.34. The van der Waals surface area contributed by atoms with Crippen molar-refractivity contribution < 1.29 is 13.2 Å². The Labute approximate surface area is 162 Å². The van der Waals surface area contributed by atoms with Gasteiger partial charge in [-0.25, -0.2) is 13.1 Å². The predicted molar refractivity (Wildman–Crippen MR) is 107 cm³/mol. The molecule has 7 nitrogen and oxygen atoms in total. The van der Waals surface area contributed by atoms with Gasteiger partial charge in [0.25, 0.3) is 5.91 Å². The number of benzene rings is 1. The summed E-state index contributed by atoms with van der Waals surface area (Å²) in [6.07, 6.45) is 5.31. The maximum Gasteiger partial charge on any atom is 0.265 e. The summed E-state index contributed by atoms with van der Waals surface area (Å²) in [5.41, 5.74) is 1.81. The molecule has 0 aliphatic rings. The van der Waals surface area contributed by atoms with Crippen LogP contribution in [0, 0.1) is 0 Å². The van der Waals surface area contributed by atoms with Crippen molar-refractivity contribution in [2.24, 2.45) is 0 Å². The van der Waals surface area contributed by atoms with E-state index in [9.17, 15) is 13.2 Å². The number of sulfonamides is 1. The van der Waals surface area contributed by atoms with Gasteiger partial charge in [0.05, 0.1) is 17.7 Å². The van der Waals surface area contributed by atoms with Gasteiger partial charge < -0.3 is 5.32 Å². The highest BCUT2D eigenvalue weighted by molar-refractivity contribution is 7.88. The molecule has 0 spiro atoms. The number of anilines is 1. The molecule has 1 amide bonds. The molecule has 0 fully saturated rings.